The van der Waals surface area contributed by atoms with Crippen LogP contribution in [0.4, 0.5) is 5.69 Å². The van der Waals surface area contributed by atoms with Gasteiger partial charge in [0.15, 0.2) is 0 Å². The average molecular weight is 415 g/mol. The number of ether oxygens (including phenoxy) is 2. The summed E-state index contributed by atoms with van der Waals surface area (Å²) in [5.41, 5.74) is 0.658. The first-order chi connectivity index (χ1) is 14.3. The van der Waals surface area contributed by atoms with Crippen LogP contribution >= 0.6 is 0 Å². The zero-order valence-corrected chi connectivity index (χ0v) is 19.5. The fourth-order valence-corrected chi connectivity index (χ4v) is 3.98. The van der Waals surface area contributed by atoms with Crippen LogP contribution in [-0.2, 0) is 9.53 Å². The molecule has 0 aliphatic rings. The summed E-state index contributed by atoms with van der Waals surface area (Å²) >= 11 is 0. The molecular formula is C25H38N2O3. The van der Waals surface area contributed by atoms with Crippen LogP contribution in [-0.4, -0.2) is 29.7 Å². The summed E-state index contributed by atoms with van der Waals surface area (Å²) in [7, 11) is 0. The van der Waals surface area contributed by atoms with E-state index in [1.165, 1.54) is 0 Å². The van der Waals surface area contributed by atoms with Gasteiger partial charge in [-0.05, 0) is 62.3 Å². The quantitative estimate of drug-likeness (QED) is 0.419. The molecule has 0 unspecified atom stereocenters. The number of nitrogens with one attached hydrogen (secondary N) is 1. The first kappa shape index (κ1) is 24.1. The largest absolute Gasteiger partial charge is 0.491 e. The topological polar surface area (TPSA) is 60.5 Å². The minimum absolute atomic E-state index is 0.0865. The van der Waals surface area contributed by atoms with E-state index < -0.39 is 5.60 Å². The lowest BCUT2D eigenvalue weighted by atomic mass is 9.83. The predicted molar refractivity (Wildman–Crippen MR) is 124 cm³/mol. The summed E-state index contributed by atoms with van der Waals surface area (Å²) in [5, 5.41) is 4.03. The van der Waals surface area contributed by atoms with Crippen molar-refractivity contribution in [3.63, 3.8) is 0 Å². The van der Waals surface area contributed by atoms with Crippen molar-refractivity contribution < 1.29 is 14.3 Å². The second-order valence-electron chi connectivity index (χ2n) is 8.79. The van der Waals surface area contributed by atoms with Gasteiger partial charge in [-0.15, -0.1) is 0 Å². The van der Waals surface area contributed by atoms with Crippen LogP contribution in [0.15, 0.2) is 30.5 Å². The molecule has 0 saturated carbocycles. The number of carbonyl (C=O) groups is 1. The minimum atomic E-state index is -0.845. The van der Waals surface area contributed by atoms with Gasteiger partial charge in [-0.2, -0.15) is 0 Å². The molecule has 2 rings (SSSR count). The number of hydrogen-bond acceptors (Lipinski definition) is 4. The molecule has 5 nitrogen and oxygen atoms in total. The first-order valence-electron chi connectivity index (χ1n) is 11.3. The summed E-state index contributed by atoms with van der Waals surface area (Å²) in [6.07, 6.45) is 5.18. The van der Waals surface area contributed by atoms with Gasteiger partial charge in [0.25, 0.3) is 5.91 Å². The maximum atomic E-state index is 13.5. The Labute approximate surface area is 181 Å². The van der Waals surface area contributed by atoms with Gasteiger partial charge in [0.2, 0.25) is 0 Å². The third-order valence-corrected chi connectivity index (χ3v) is 5.05. The highest BCUT2D eigenvalue weighted by molar-refractivity contribution is 6.05. The maximum absolute atomic E-state index is 13.5. The van der Waals surface area contributed by atoms with E-state index in [0.717, 1.165) is 35.2 Å². The molecule has 0 bridgehead atoms. The fraction of sp³-hybridized carbons (Fsp3) is 0.600. The number of carbonyl (C=O) groups excluding carboxylic acids is 1. The first-order valence-corrected chi connectivity index (χ1v) is 11.3. The van der Waals surface area contributed by atoms with Crippen LogP contribution in [0.5, 0.6) is 5.75 Å². The summed E-state index contributed by atoms with van der Waals surface area (Å²) in [6, 6.07) is 7.65. The summed E-state index contributed by atoms with van der Waals surface area (Å²) < 4.78 is 12.1. The van der Waals surface area contributed by atoms with Crippen molar-refractivity contribution >= 4 is 22.5 Å². The van der Waals surface area contributed by atoms with E-state index in [9.17, 15) is 4.79 Å². The van der Waals surface area contributed by atoms with Gasteiger partial charge < -0.3 is 14.8 Å². The van der Waals surface area contributed by atoms with Crippen molar-refractivity contribution in [1.29, 1.82) is 0 Å². The van der Waals surface area contributed by atoms with E-state index in [2.05, 4.69) is 44.9 Å². The molecule has 1 aromatic heterocycles. The fourth-order valence-electron chi connectivity index (χ4n) is 3.98. The number of amides is 1. The van der Waals surface area contributed by atoms with Gasteiger partial charge in [0.05, 0.1) is 12.3 Å². The summed E-state index contributed by atoms with van der Waals surface area (Å²) in [6.45, 7) is 13.8. The Bertz CT molecular complexity index is 807. The Morgan fingerprint density at radius 1 is 1.10 bits per heavy atom. The third-order valence-electron chi connectivity index (χ3n) is 5.05. The van der Waals surface area contributed by atoms with E-state index in [0.29, 0.717) is 37.9 Å². The molecule has 0 atom stereocenters. The lowest BCUT2D eigenvalue weighted by molar-refractivity contribution is -0.146. The van der Waals surface area contributed by atoms with Crippen molar-refractivity contribution in [3.8, 4) is 5.75 Å². The maximum Gasteiger partial charge on any atom is 0.256 e. The summed E-state index contributed by atoms with van der Waals surface area (Å²) in [5.74, 6) is 1.34. The molecule has 1 aromatic carbocycles. The smallest absolute Gasteiger partial charge is 0.256 e. The molecule has 1 N–H and O–H groups in total. The Morgan fingerprint density at radius 2 is 1.80 bits per heavy atom. The molecule has 0 spiro atoms. The molecule has 166 valence electrons. The SMILES string of the molecule is CCCCOc1ccc(NC(=O)C(CC(C)C)(CC(C)C)OCC)c2cccnc12. The minimum Gasteiger partial charge on any atom is -0.491 e. The van der Waals surface area contributed by atoms with Gasteiger partial charge in [-0.3, -0.25) is 9.78 Å². The molecular weight excluding hydrogens is 376 g/mol. The molecule has 0 saturated heterocycles. The number of pyridine rings is 1. The van der Waals surface area contributed by atoms with Gasteiger partial charge in [-0.25, -0.2) is 0 Å². The molecule has 30 heavy (non-hydrogen) atoms. The highest BCUT2D eigenvalue weighted by Crippen LogP contribution is 2.34. The molecule has 1 amide bonds. The van der Waals surface area contributed by atoms with Crippen LogP contribution in [0.3, 0.4) is 0 Å². The molecule has 0 radical (unpaired) electrons. The second kappa shape index (κ2) is 11.3. The van der Waals surface area contributed by atoms with E-state index in [4.69, 9.17) is 9.47 Å². The van der Waals surface area contributed by atoms with E-state index in [-0.39, 0.29) is 5.91 Å². The zero-order valence-electron chi connectivity index (χ0n) is 19.5. The Hall–Kier alpha value is -2.14. The van der Waals surface area contributed by atoms with Gasteiger partial charge >= 0.3 is 0 Å². The van der Waals surface area contributed by atoms with Crippen molar-refractivity contribution in [2.24, 2.45) is 11.8 Å². The van der Waals surface area contributed by atoms with Gasteiger partial charge in [0, 0.05) is 18.2 Å². The van der Waals surface area contributed by atoms with Crippen molar-refractivity contribution in [2.45, 2.75) is 72.8 Å². The van der Waals surface area contributed by atoms with Crippen LogP contribution in [0.25, 0.3) is 10.9 Å². The lowest BCUT2D eigenvalue weighted by Crippen LogP contribution is -2.47. The molecule has 5 heteroatoms. The molecule has 2 aromatic rings. The predicted octanol–water partition coefficient (Wildman–Crippen LogP) is 6.22. The van der Waals surface area contributed by atoms with E-state index in [1.54, 1.807) is 6.20 Å². The molecule has 0 aliphatic heterocycles. The van der Waals surface area contributed by atoms with Crippen molar-refractivity contribution in [2.75, 3.05) is 18.5 Å². The van der Waals surface area contributed by atoms with Crippen LogP contribution in [0.1, 0.15) is 67.2 Å². The normalized spacial score (nSPS) is 12.0. The Morgan fingerprint density at radius 3 is 2.40 bits per heavy atom. The highest BCUT2D eigenvalue weighted by Gasteiger charge is 2.40. The van der Waals surface area contributed by atoms with Gasteiger partial charge in [-0.1, -0.05) is 41.0 Å². The second-order valence-corrected chi connectivity index (χ2v) is 8.79. The number of rotatable bonds is 12. The van der Waals surface area contributed by atoms with Crippen LogP contribution in [0, 0.1) is 11.8 Å². The Kier molecular flexibility index (Phi) is 9.09. The van der Waals surface area contributed by atoms with Crippen LogP contribution < -0.4 is 10.1 Å². The number of unbranched alkanes of at least 4 members (excludes halogenated alkanes) is 1. The number of anilines is 1. The highest BCUT2D eigenvalue weighted by atomic mass is 16.5. The third kappa shape index (κ3) is 6.18. The van der Waals surface area contributed by atoms with Crippen molar-refractivity contribution in [3.05, 3.63) is 30.5 Å². The van der Waals surface area contributed by atoms with Gasteiger partial charge in [0.1, 0.15) is 16.9 Å². The molecule has 0 aliphatic carbocycles. The monoisotopic (exact) mass is 414 g/mol. The number of fused-ring (bicyclic) bond motifs is 1. The Balaban J connectivity index is 2.38. The lowest BCUT2D eigenvalue weighted by Gasteiger charge is -2.35. The number of nitrogens with zero attached hydrogens (tertiary/aromatic N) is 1. The average Bonchev–Trinajstić information content (AvgIpc) is 2.68. The number of benzene rings is 1. The number of hydrogen-bond donors (Lipinski definition) is 1. The van der Waals surface area contributed by atoms with E-state index >= 15 is 0 Å². The summed E-state index contributed by atoms with van der Waals surface area (Å²) in [4.78, 5) is 18.1. The molecule has 0 fully saturated rings. The zero-order chi connectivity index (χ0) is 22.1. The standard InChI is InChI=1S/C25H38N2O3/c1-7-9-15-29-22-13-12-21(20-11-10-14-26-23(20)22)27-24(28)25(30-8-2,16-18(3)4)17-19(5)6/h10-14,18-19H,7-9,15-17H2,1-6H3,(H,27,28). The van der Waals surface area contributed by atoms with E-state index in [1.807, 2.05) is 31.2 Å². The van der Waals surface area contributed by atoms with Crippen LogP contribution in [0.2, 0.25) is 0 Å². The number of aromatic nitrogens is 1. The van der Waals surface area contributed by atoms with Crippen molar-refractivity contribution in [1.82, 2.24) is 4.98 Å². The molecule has 1 heterocycles.